The molecule has 32 heavy (non-hydrogen) atoms. The lowest BCUT2D eigenvalue weighted by molar-refractivity contribution is -0.132. The van der Waals surface area contributed by atoms with Crippen molar-refractivity contribution in [2.75, 3.05) is 4.90 Å². The second kappa shape index (κ2) is 8.67. The first kappa shape index (κ1) is 21.3. The van der Waals surface area contributed by atoms with Crippen molar-refractivity contribution in [2.45, 2.75) is 32.9 Å². The molecule has 6 heteroatoms. The SMILES string of the molecule is Cc1cccc(N2C(=O)C(=O)/C(=C(/O)c3cccc(OC(C)C)c3)C2c2ccccn2)c1. The number of pyridine rings is 1. The smallest absolute Gasteiger partial charge is 0.300 e. The van der Waals surface area contributed by atoms with Crippen molar-refractivity contribution in [1.82, 2.24) is 4.98 Å². The predicted molar refractivity (Wildman–Crippen MR) is 122 cm³/mol. The van der Waals surface area contributed by atoms with Gasteiger partial charge >= 0.3 is 0 Å². The number of hydrogen-bond acceptors (Lipinski definition) is 5. The van der Waals surface area contributed by atoms with Crippen molar-refractivity contribution in [3.8, 4) is 5.75 Å². The molecule has 1 aliphatic rings. The molecule has 1 atom stereocenters. The summed E-state index contributed by atoms with van der Waals surface area (Å²) in [4.78, 5) is 32.1. The second-order valence-electron chi connectivity index (χ2n) is 7.96. The number of aliphatic hydroxyl groups excluding tert-OH is 1. The third kappa shape index (κ3) is 3.99. The van der Waals surface area contributed by atoms with Crippen LogP contribution in [0, 0.1) is 6.92 Å². The summed E-state index contributed by atoms with van der Waals surface area (Å²) in [5, 5.41) is 11.2. The van der Waals surface area contributed by atoms with E-state index in [1.807, 2.05) is 39.0 Å². The molecule has 1 aromatic heterocycles. The van der Waals surface area contributed by atoms with Gasteiger partial charge in [-0.3, -0.25) is 19.5 Å². The fourth-order valence-corrected chi connectivity index (χ4v) is 3.84. The molecule has 2 aromatic carbocycles. The molecule has 1 N–H and O–H groups in total. The monoisotopic (exact) mass is 428 g/mol. The number of rotatable bonds is 5. The Morgan fingerprint density at radius 3 is 2.50 bits per heavy atom. The highest BCUT2D eigenvalue weighted by atomic mass is 16.5. The Morgan fingerprint density at radius 1 is 1.03 bits per heavy atom. The lowest BCUT2D eigenvalue weighted by Gasteiger charge is -2.25. The van der Waals surface area contributed by atoms with Gasteiger partial charge in [-0.2, -0.15) is 0 Å². The van der Waals surface area contributed by atoms with E-state index in [9.17, 15) is 14.7 Å². The normalized spacial score (nSPS) is 17.8. The molecule has 0 saturated carbocycles. The summed E-state index contributed by atoms with van der Waals surface area (Å²) >= 11 is 0. The summed E-state index contributed by atoms with van der Waals surface area (Å²) in [5.41, 5.74) is 2.40. The molecule has 1 saturated heterocycles. The molecule has 1 unspecified atom stereocenters. The van der Waals surface area contributed by atoms with Gasteiger partial charge in [0.25, 0.3) is 11.7 Å². The number of anilines is 1. The van der Waals surface area contributed by atoms with Crippen LogP contribution in [0.5, 0.6) is 5.75 Å². The van der Waals surface area contributed by atoms with Gasteiger partial charge in [-0.25, -0.2) is 0 Å². The van der Waals surface area contributed by atoms with Gasteiger partial charge in [-0.1, -0.05) is 30.3 Å². The van der Waals surface area contributed by atoms with Gasteiger partial charge in [-0.15, -0.1) is 0 Å². The van der Waals surface area contributed by atoms with Crippen LogP contribution in [0.25, 0.3) is 5.76 Å². The maximum atomic E-state index is 13.2. The number of aromatic nitrogens is 1. The number of aliphatic hydroxyl groups is 1. The molecular weight excluding hydrogens is 404 g/mol. The summed E-state index contributed by atoms with van der Waals surface area (Å²) in [5.74, 6) is -1.16. The molecule has 0 spiro atoms. The Bertz CT molecular complexity index is 1200. The van der Waals surface area contributed by atoms with E-state index >= 15 is 0 Å². The van der Waals surface area contributed by atoms with E-state index in [0.29, 0.717) is 22.7 Å². The lowest BCUT2D eigenvalue weighted by Crippen LogP contribution is -2.29. The van der Waals surface area contributed by atoms with Crippen molar-refractivity contribution in [1.29, 1.82) is 0 Å². The number of ether oxygens (including phenoxy) is 1. The predicted octanol–water partition coefficient (Wildman–Crippen LogP) is 4.80. The van der Waals surface area contributed by atoms with Crippen molar-refractivity contribution >= 4 is 23.1 Å². The van der Waals surface area contributed by atoms with Gasteiger partial charge in [0.2, 0.25) is 0 Å². The Kier molecular flexibility index (Phi) is 5.77. The molecule has 162 valence electrons. The van der Waals surface area contributed by atoms with Gasteiger partial charge in [0.15, 0.2) is 0 Å². The molecule has 2 heterocycles. The molecule has 4 rings (SSSR count). The van der Waals surface area contributed by atoms with E-state index in [4.69, 9.17) is 4.74 Å². The van der Waals surface area contributed by atoms with Crippen molar-refractivity contribution < 1.29 is 19.4 Å². The van der Waals surface area contributed by atoms with Crippen LogP contribution in [0.3, 0.4) is 0 Å². The van der Waals surface area contributed by atoms with Gasteiger partial charge in [-0.05, 0) is 62.7 Å². The first-order valence-electron chi connectivity index (χ1n) is 10.4. The van der Waals surface area contributed by atoms with Crippen LogP contribution in [-0.2, 0) is 9.59 Å². The van der Waals surface area contributed by atoms with E-state index in [-0.39, 0.29) is 17.4 Å². The molecule has 0 bridgehead atoms. The first-order valence-corrected chi connectivity index (χ1v) is 10.4. The quantitative estimate of drug-likeness (QED) is 0.359. The van der Waals surface area contributed by atoms with Crippen molar-refractivity contribution in [3.05, 3.63) is 95.3 Å². The number of Topliss-reactive ketones (excluding diaryl/α,β-unsaturated/α-hetero) is 1. The summed E-state index contributed by atoms with van der Waals surface area (Å²) in [7, 11) is 0. The zero-order chi connectivity index (χ0) is 22.8. The Hall–Kier alpha value is -3.93. The average Bonchev–Trinajstić information content (AvgIpc) is 3.04. The molecule has 1 amide bonds. The average molecular weight is 428 g/mol. The van der Waals surface area contributed by atoms with Crippen LogP contribution in [0.4, 0.5) is 5.69 Å². The van der Waals surface area contributed by atoms with Crippen LogP contribution in [0.1, 0.15) is 36.7 Å². The topological polar surface area (TPSA) is 79.7 Å². The number of carbonyl (C=O) groups is 2. The van der Waals surface area contributed by atoms with E-state index in [0.717, 1.165) is 5.56 Å². The molecular formula is C26H24N2O4. The van der Waals surface area contributed by atoms with E-state index in [1.54, 1.807) is 54.7 Å². The minimum atomic E-state index is -0.854. The number of benzene rings is 2. The molecule has 1 fully saturated rings. The molecule has 0 radical (unpaired) electrons. The van der Waals surface area contributed by atoms with Crippen LogP contribution in [0.2, 0.25) is 0 Å². The number of ketones is 1. The molecule has 1 aliphatic heterocycles. The number of amides is 1. The Balaban J connectivity index is 1.90. The van der Waals surface area contributed by atoms with Gasteiger partial charge in [0, 0.05) is 17.4 Å². The Morgan fingerprint density at radius 2 is 1.81 bits per heavy atom. The van der Waals surface area contributed by atoms with E-state index in [2.05, 4.69) is 4.98 Å². The lowest BCUT2D eigenvalue weighted by atomic mass is 9.98. The molecule has 3 aromatic rings. The highest BCUT2D eigenvalue weighted by molar-refractivity contribution is 6.51. The summed E-state index contributed by atoms with van der Waals surface area (Å²) in [6, 6.07) is 18.6. The highest BCUT2D eigenvalue weighted by Crippen LogP contribution is 2.41. The van der Waals surface area contributed by atoms with Crippen LogP contribution in [0.15, 0.2) is 78.5 Å². The van der Waals surface area contributed by atoms with Crippen molar-refractivity contribution in [3.63, 3.8) is 0 Å². The minimum absolute atomic E-state index is 0.00287. The largest absolute Gasteiger partial charge is 0.507 e. The highest BCUT2D eigenvalue weighted by Gasteiger charge is 2.47. The fraction of sp³-hybridized carbons (Fsp3) is 0.192. The second-order valence-corrected chi connectivity index (χ2v) is 7.96. The summed E-state index contributed by atoms with van der Waals surface area (Å²) in [6.07, 6.45) is 1.55. The minimum Gasteiger partial charge on any atom is -0.507 e. The van der Waals surface area contributed by atoms with Crippen molar-refractivity contribution in [2.24, 2.45) is 0 Å². The summed E-state index contributed by atoms with van der Waals surface area (Å²) < 4.78 is 5.72. The van der Waals surface area contributed by atoms with E-state index < -0.39 is 17.7 Å². The summed E-state index contributed by atoms with van der Waals surface area (Å²) in [6.45, 7) is 5.72. The van der Waals surface area contributed by atoms with Crippen LogP contribution in [-0.4, -0.2) is 27.9 Å². The molecule has 6 nitrogen and oxygen atoms in total. The number of carbonyl (C=O) groups excluding carboxylic acids is 2. The maximum Gasteiger partial charge on any atom is 0.300 e. The Labute approximate surface area is 186 Å². The maximum absolute atomic E-state index is 13.2. The number of nitrogens with zero attached hydrogens (tertiary/aromatic N) is 2. The van der Waals surface area contributed by atoms with Crippen LogP contribution < -0.4 is 9.64 Å². The van der Waals surface area contributed by atoms with Gasteiger partial charge < -0.3 is 9.84 Å². The zero-order valence-electron chi connectivity index (χ0n) is 18.1. The van der Waals surface area contributed by atoms with Gasteiger partial charge in [0.05, 0.1) is 17.4 Å². The third-order valence-corrected chi connectivity index (χ3v) is 5.17. The number of hydrogen-bond donors (Lipinski definition) is 1. The zero-order valence-corrected chi connectivity index (χ0v) is 18.1. The molecule has 0 aliphatic carbocycles. The first-order chi connectivity index (χ1) is 15.4. The van der Waals surface area contributed by atoms with Gasteiger partial charge in [0.1, 0.15) is 17.6 Å². The number of aryl methyl sites for hydroxylation is 1. The standard InChI is InChI=1S/C26H24N2O4/c1-16(2)32-20-11-7-9-18(15-20)24(29)22-23(21-12-4-5-13-27-21)28(26(31)25(22)30)19-10-6-8-17(3)14-19/h4-16,23,29H,1-3H3/b24-22+. The van der Waals surface area contributed by atoms with E-state index in [1.165, 1.54) is 4.90 Å². The fourth-order valence-electron chi connectivity index (χ4n) is 3.84. The third-order valence-electron chi connectivity index (χ3n) is 5.17. The van der Waals surface area contributed by atoms with Crippen LogP contribution >= 0.6 is 0 Å².